The van der Waals surface area contributed by atoms with Crippen LogP contribution in [-0.4, -0.2) is 42.6 Å². The maximum atomic E-state index is 11.7. The summed E-state index contributed by atoms with van der Waals surface area (Å²) in [5, 5.41) is 0. The van der Waals surface area contributed by atoms with E-state index in [9.17, 15) is 4.79 Å². The number of likely N-dealkylation sites (tertiary alicyclic amines) is 1. The Labute approximate surface area is 104 Å². The van der Waals surface area contributed by atoms with Gasteiger partial charge < -0.3 is 15.4 Å². The second kappa shape index (κ2) is 6.97. The maximum Gasteiger partial charge on any atom is 0.239 e. The molecule has 0 aromatic carbocycles. The number of hydrogen-bond acceptors (Lipinski definition) is 3. The summed E-state index contributed by atoms with van der Waals surface area (Å²) < 4.78 is 5.81. The fraction of sp³-hybridized carbons (Fsp3) is 0.923. The van der Waals surface area contributed by atoms with E-state index in [-0.39, 0.29) is 11.9 Å². The summed E-state index contributed by atoms with van der Waals surface area (Å²) in [6.07, 6.45) is 3.32. The van der Waals surface area contributed by atoms with E-state index >= 15 is 0 Å². The molecule has 1 unspecified atom stereocenters. The first-order chi connectivity index (χ1) is 8.00. The SMILES string of the molecule is CC(C)CCOC1CCN(C(=O)C(C)N)CC1. The average Bonchev–Trinajstić information content (AvgIpc) is 2.28. The first kappa shape index (κ1) is 14.5. The van der Waals surface area contributed by atoms with Gasteiger partial charge in [-0.2, -0.15) is 0 Å². The van der Waals surface area contributed by atoms with Gasteiger partial charge in [0.1, 0.15) is 0 Å². The van der Waals surface area contributed by atoms with E-state index in [4.69, 9.17) is 10.5 Å². The fourth-order valence-electron chi connectivity index (χ4n) is 2.00. The first-order valence-electron chi connectivity index (χ1n) is 6.66. The van der Waals surface area contributed by atoms with Crippen molar-refractivity contribution in [1.82, 2.24) is 4.90 Å². The van der Waals surface area contributed by atoms with Crippen LogP contribution < -0.4 is 5.73 Å². The van der Waals surface area contributed by atoms with Crippen molar-refractivity contribution in [2.45, 2.75) is 52.2 Å². The zero-order chi connectivity index (χ0) is 12.8. The molecule has 17 heavy (non-hydrogen) atoms. The van der Waals surface area contributed by atoms with Crippen LogP contribution in [0.3, 0.4) is 0 Å². The van der Waals surface area contributed by atoms with Crippen LogP contribution in [0.4, 0.5) is 0 Å². The minimum Gasteiger partial charge on any atom is -0.378 e. The lowest BCUT2D eigenvalue weighted by Gasteiger charge is -2.33. The van der Waals surface area contributed by atoms with Gasteiger partial charge in [0.05, 0.1) is 12.1 Å². The molecular formula is C13H26N2O2. The molecule has 0 aromatic heterocycles. The summed E-state index contributed by atoms with van der Waals surface area (Å²) in [7, 11) is 0. The Morgan fingerprint density at radius 1 is 1.35 bits per heavy atom. The van der Waals surface area contributed by atoms with Gasteiger partial charge in [0.25, 0.3) is 0 Å². The van der Waals surface area contributed by atoms with Gasteiger partial charge in [-0.3, -0.25) is 4.79 Å². The molecule has 0 aliphatic carbocycles. The summed E-state index contributed by atoms with van der Waals surface area (Å²) in [6, 6.07) is -0.381. The van der Waals surface area contributed by atoms with Crippen molar-refractivity contribution < 1.29 is 9.53 Å². The van der Waals surface area contributed by atoms with E-state index in [0.717, 1.165) is 39.0 Å². The van der Waals surface area contributed by atoms with Crippen LogP contribution in [0.25, 0.3) is 0 Å². The van der Waals surface area contributed by atoms with Gasteiger partial charge in [-0.25, -0.2) is 0 Å². The van der Waals surface area contributed by atoms with E-state index in [2.05, 4.69) is 13.8 Å². The third kappa shape index (κ3) is 5.04. The summed E-state index contributed by atoms with van der Waals surface area (Å²) in [4.78, 5) is 13.5. The third-order valence-electron chi connectivity index (χ3n) is 3.19. The average molecular weight is 242 g/mol. The molecule has 2 N–H and O–H groups in total. The number of rotatable bonds is 5. The Morgan fingerprint density at radius 2 is 1.94 bits per heavy atom. The van der Waals surface area contributed by atoms with Crippen LogP contribution in [0.2, 0.25) is 0 Å². The van der Waals surface area contributed by atoms with Gasteiger partial charge in [0.2, 0.25) is 5.91 Å². The minimum absolute atomic E-state index is 0.0608. The summed E-state index contributed by atoms with van der Waals surface area (Å²) in [6.45, 7) is 8.55. The van der Waals surface area contributed by atoms with Crippen LogP contribution in [0.1, 0.15) is 40.0 Å². The summed E-state index contributed by atoms with van der Waals surface area (Å²) in [5.74, 6) is 0.750. The van der Waals surface area contributed by atoms with Crippen molar-refractivity contribution >= 4 is 5.91 Å². The highest BCUT2D eigenvalue weighted by Crippen LogP contribution is 2.15. The number of nitrogens with zero attached hydrogens (tertiary/aromatic N) is 1. The number of carbonyl (C=O) groups excluding carboxylic acids is 1. The monoisotopic (exact) mass is 242 g/mol. The lowest BCUT2D eigenvalue weighted by Crippen LogP contribution is -2.47. The number of carbonyl (C=O) groups is 1. The molecule has 1 rings (SSSR count). The summed E-state index contributed by atoms with van der Waals surface area (Å²) >= 11 is 0. The third-order valence-corrected chi connectivity index (χ3v) is 3.19. The Morgan fingerprint density at radius 3 is 2.41 bits per heavy atom. The first-order valence-corrected chi connectivity index (χ1v) is 6.66. The Balaban J connectivity index is 2.19. The van der Waals surface area contributed by atoms with Gasteiger partial charge >= 0.3 is 0 Å². The van der Waals surface area contributed by atoms with E-state index in [1.54, 1.807) is 6.92 Å². The second-order valence-corrected chi connectivity index (χ2v) is 5.37. The van der Waals surface area contributed by atoms with Crippen molar-refractivity contribution in [3.8, 4) is 0 Å². The highest BCUT2D eigenvalue weighted by Gasteiger charge is 2.24. The van der Waals surface area contributed by atoms with E-state index < -0.39 is 0 Å². The molecule has 0 saturated carbocycles. The lowest BCUT2D eigenvalue weighted by molar-refractivity contribution is -0.134. The van der Waals surface area contributed by atoms with Crippen LogP contribution >= 0.6 is 0 Å². The van der Waals surface area contributed by atoms with Crippen LogP contribution in [0.5, 0.6) is 0 Å². The van der Waals surface area contributed by atoms with Crippen molar-refractivity contribution in [3.63, 3.8) is 0 Å². The van der Waals surface area contributed by atoms with Crippen molar-refractivity contribution in [3.05, 3.63) is 0 Å². The molecule has 1 aliphatic heterocycles. The quantitative estimate of drug-likeness (QED) is 0.792. The van der Waals surface area contributed by atoms with E-state index in [1.165, 1.54) is 0 Å². The lowest BCUT2D eigenvalue weighted by atomic mass is 10.1. The smallest absolute Gasteiger partial charge is 0.239 e. The molecule has 0 radical (unpaired) electrons. The van der Waals surface area contributed by atoms with Gasteiger partial charge in [-0.1, -0.05) is 13.8 Å². The molecule has 4 nitrogen and oxygen atoms in total. The Kier molecular flexibility index (Phi) is 5.92. The molecule has 1 atom stereocenters. The highest BCUT2D eigenvalue weighted by molar-refractivity contribution is 5.81. The molecule has 0 aromatic rings. The predicted octanol–water partition coefficient (Wildman–Crippen LogP) is 1.39. The largest absolute Gasteiger partial charge is 0.378 e. The van der Waals surface area contributed by atoms with Crippen molar-refractivity contribution in [2.75, 3.05) is 19.7 Å². The minimum atomic E-state index is -0.381. The molecule has 0 bridgehead atoms. The molecule has 1 fully saturated rings. The van der Waals surface area contributed by atoms with Gasteiger partial charge in [-0.05, 0) is 32.1 Å². The van der Waals surface area contributed by atoms with Crippen LogP contribution in [-0.2, 0) is 9.53 Å². The number of amides is 1. The maximum absolute atomic E-state index is 11.7. The van der Waals surface area contributed by atoms with E-state index in [0.29, 0.717) is 12.0 Å². The molecule has 1 amide bonds. The number of nitrogens with two attached hydrogens (primary N) is 1. The van der Waals surface area contributed by atoms with E-state index in [1.807, 2.05) is 4.90 Å². The predicted molar refractivity (Wildman–Crippen MR) is 68.7 cm³/mol. The van der Waals surface area contributed by atoms with Crippen molar-refractivity contribution in [1.29, 1.82) is 0 Å². The molecule has 4 heteroatoms. The number of piperidine rings is 1. The molecule has 1 heterocycles. The zero-order valence-electron chi connectivity index (χ0n) is 11.3. The Bertz CT molecular complexity index is 234. The van der Waals surface area contributed by atoms with Gasteiger partial charge in [0, 0.05) is 19.7 Å². The molecule has 100 valence electrons. The normalized spacial score (nSPS) is 19.7. The van der Waals surface area contributed by atoms with Gasteiger partial charge in [0.15, 0.2) is 0 Å². The van der Waals surface area contributed by atoms with Crippen molar-refractivity contribution in [2.24, 2.45) is 11.7 Å². The zero-order valence-corrected chi connectivity index (χ0v) is 11.3. The van der Waals surface area contributed by atoms with Crippen LogP contribution in [0.15, 0.2) is 0 Å². The highest BCUT2D eigenvalue weighted by atomic mass is 16.5. The molecular weight excluding hydrogens is 216 g/mol. The second-order valence-electron chi connectivity index (χ2n) is 5.37. The number of ether oxygens (including phenoxy) is 1. The number of hydrogen-bond donors (Lipinski definition) is 1. The fourth-order valence-corrected chi connectivity index (χ4v) is 2.00. The standard InChI is InChI=1S/C13H26N2O2/c1-10(2)6-9-17-12-4-7-15(8-5-12)13(16)11(3)14/h10-12H,4-9,14H2,1-3H3. The van der Waals surface area contributed by atoms with Gasteiger partial charge in [-0.15, -0.1) is 0 Å². The molecule has 0 spiro atoms. The summed E-state index contributed by atoms with van der Waals surface area (Å²) in [5.41, 5.74) is 5.59. The molecule has 1 aliphatic rings. The van der Waals surface area contributed by atoms with Crippen LogP contribution in [0, 0.1) is 5.92 Å². The Hall–Kier alpha value is -0.610. The topological polar surface area (TPSA) is 55.6 Å². The molecule has 1 saturated heterocycles.